The van der Waals surface area contributed by atoms with E-state index >= 15 is 0 Å². The number of hydrogen-bond donors (Lipinski definition) is 2. The van der Waals surface area contributed by atoms with Crippen LogP contribution in [0.2, 0.25) is 0 Å². The predicted molar refractivity (Wildman–Crippen MR) is 103 cm³/mol. The van der Waals surface area contributed by atoms with Gasteiger partial charge in [-0.15, -0.1) is 0 Å². The molecule has 0 aliphatic carbocycles. The van der Waals surface area contributed by atoms with Gasteiger partial charge in [0.1, 0.15) is 5.75 Å². The van der Waals surface area contributed by atoms with Crippen LogP contribution in [-0.4, -0.2) is 18.4 Å². The summed E-state index contributed by atoms with van der Waals surface area (Å²) in [5.74, 6) is 0.559. The summed E-state index contributed by atoms with van der Waals surface area (Å²) < 4.78 is 10.6. The number of ether oxygens (including phenoxy) is 1. The van der Waals surface area contributed by atoms with Gasteiger partial charge in [0, 0.05) is 17.8 Å². The Morgan fingerprint density at radius 1 is 0.889 bits per heavy atom. The van der Waals surface area contributed by atoms with Crippen molar-refractivity contribution in [1.82, 2.24) is 0 Å². The summed E-state index contributed by atoms with van der Waals surface area (Å²) in [6.45, 7) is 0.469. The molecule has 0 radical (unpaired) electrons. The Kier molecular flexibility index (Phi) is 6.25. The van der Waals surface area contributed by atoms with E-state index in [4.69, 9.17) is 9.15 Å². The van der Waals surface area contributed by atoms with Crippen molar-refractivity contribution in [2.45, 2.75) is 12.8 Å². The Bertz CT molecular complexity index is 876. The van der Waals surface area contributed by atoms with Crippen molar-refractivity contribution in [2.24, 2.45) is 0 Å². The van der Waals surface area contributed by atoms with Crippen LogP contribution < -0.4 is 15.4 Å². The number of furan rings is 1. The fraction of sp³-hybridized carbons (Fsp3) is 0.143. The first-order valence-electron chi connectivity index (χ1n) is 8.63. The summed E-state index contributed by atoms with van der Waals surface area (Å²) in [5.41, 5.74) is 1.18. The second-order valence-corrected chi connectivity index (χ2v) is 5.83. The molecule has 1 heterocycles. The Balaban J connectivity index is 1.44. The summed E-state index contributed by atoms with van der Waals surface area (Å²) in [5, 5.41) is 5.54. The van der Waals surface area contributed by atoms with Crippen molar-refractivity contribution in [2.75, 3.05) is 17.2 Å². The van der Waals surface area contributed by atoms with E-state index in [1.165, 1.54) is 6.26 Å². The van der Waals surface area contributed by atoms with Gasteiger partial charge in [-0.2, -0.15) is 0 Å². The molecule has 0 aliphatic rings. The number of carbonyl (C=O) groups excluding carboxylic acids is 2. The van der Waals surface area contributed by atoms with E-state index in [9.17, 15) is 9.59 Å². The van der Waals surface area contributed by atoms with Gasteiger partial charge < -0.3 is 19.8 Å². The largest absolute Gasteiger partial charge is 0.494 e. The van der Waals surface area contributed by atoms with Gasteiger partial charge in [-0.1, -0.05) is 24.3 Å². The zero-order valence-electron chi connectivity index (χ0n) is 14.7. The Morgan fingerprint density at radius 3 is 2.41 bits per heavy atom. The molecule has 27 heavy (non-hydrogen) atoms. The van der Waals surface area contributed by atoms with Crippen LogP contribution in [0.25, 0.3) is 0 Å². The molecule has 0 saturated carbocycles. The minimum atomic E-state index is -0.346. The topological polar surface area (TPSA) is 80.6 Å². The van der Waals surface area contributed by atoms with Crippen molar-refractivity contribution in [3.05, 3.63) is 78.8 Å². The summed E-state index contributed by atoms with van der Waals surface area (Å²) >= 11 is 0. The molecular weight excluding hydrogens is 344 g/mol. The molecule has 0 saturated heterocycles. The Labute approximate surface area is 157 Å². The fourth-order valence-corrected chi connectivity index (χ4v) is 2.44. The second-order valence-electron chi connectivity index (χ2n) is 5.83. The maximum atomic E-state index is 12.1. The van der Waals surface area contributed by atoms with Crippen molar-refractivity contribution < 1.29 is 18.7 Å². The van der Waals surface area contributed by atoms with Crippen LogP contribution in [0.4, 0.5) is 11.4 Å². The molecule has 2 amide bonds. The number of rotatable bonds is 8. The van der Waals surface area contributed by atoms with Gasteiger partial charge in [-0.05, 0) is 48.9 Å². The molecule has 6 heteroatoms. The highest BCUT2D eigenvalue weighted by molar-refractivity contribution is 6.02. The lowest BCUT2D eigenvalue weighted by atomic mass is 10.2. The minimum Gasteiger partial charge on any atom is -0.494 e. The predicted octanol–water partition coefficient (Wildman–Crippen LogP) is 4.33. The molecule has 3 rings (SSSR count). The lowest BCUT2D eigenvalue weighted by Crippen LogP contribution is -2.14. The highest BCUT2D eigenvalue weighted by Gasteiger charge is 2.09. The van der Waals surface area contributed by atoms with Gasteiger partial charge >= 0.3 is 0 Å². The van der Waals surface area contributed by atoms with Gasteiger partial charge in [0.2, 0.25) is 5.91 Å². The average molecular weight is 364 g/mol. The third-order valence-electron chi connectivity index (χ3n) is 3.71. The van der Waals surface area contributed by atoms with Crippen LogP contribution in [-0.2, 0) is 4.79 Å². The lowest BCUT2D eigenvalue weighted by molar-refractivity contribution is -0.116. The summed E-state index contributed by atoms with van der Waals surface area (Å²) in [4.78, 5) is 24.1. The Morgan fingerprint density at radius 2 is 1.67 bits per heavy atom. The van der Waals surface area contributed by atoms with Crippen LogP contribution in [0, 0.1) is 0 Å². The molecular formula is C21H20N2O4. The Hall–Kier alpha value is -3.54. The van der Waals surface area contributed by atoms with Crippen molar-refractivity contribution in [3.8, 4) is 5.75 Å². The number of benzene rings is 2. The lowest BCUT2D eigenvalue weighted by Gasteiger charge is -2.09. The minimum absolute atomic E-state index is 0.110. The van der Waals surface area contributed by atoms with Crippen LogP contribution >= 0.6 is 0 Å². The summed E-state index contributed by atoms with van der Waals surface area (Å²) in [6, 6.07) is 19.7. The maximum absolute atomic E-state index is 12.1. The normalized spacial score (nSPS) is 10.2. The first-order chi connectivity index (χ1) is 13.2. The number of carbonyl (C=O) groups is 2. The van der Waals surface area contributed by atoms with Gasteiger partial charge in [0.15, 0.2) is 5.76 Å². The molecule has 0 spiro atoms. The molecule has 0 fully saturated rings. The van der Waals surface area contributed by atoms with Gasteiger partial charge in [-0.3, -0.25) is 9.59 Å². The SMILES string of the molecule is O=C(CCCOc1ccccc1)Nc1cccc(NC(=O)c2ccco2)c1. The van der Waals surface area contributed by atoms with Crippen LogP contribution in [0.15, 0.2) is 77.4 Å². The molecule has 2 N–H and O–H groups in total. The van der Waals surface area contributed by atoms with Crippen molar-refractivity contribution in [3.63, 3.8) is 0 Å². The standard InChI is InChI=1S/C21H20N2O4/c24-20(12-6-13-26-18-9-2-1-3-10-18)22-16-7-4-8-17(15-16)23-21(25)19-11-5-14-27-19/h1-5,7-11,14-15H,6,12-13H2,(H,22,24)(H,23,25). The summed E-state index contributed by atoms with van der Waals surface area (Å²) in [7, 11) is 0. The van der Waals surface area contributed by atoms with Crippen molar-refractivity contribution in [1.29, 1.82) is 0 Å². The zero-order chi connectivity index (χ0) is 18.9. The monoisotopic (exact) mass is 364 g/mol. The molecule has 3 aromatic rings. The van der Waals surface area contributed by atoms with E-state index in [0.29, 0.717) is 30.8 Å². The van der Waals surface area contributed by atoms with Gasteiger partial charge in [-0.25, -0.2) is 0 Å². The molecule has 138 valence electrons. The number of para-hydroxylation sites is 1. The van der Waals surface area contributed by atoms with E-state index in [2.05, 4.69) is 10.6 Å². The molecule has 0 aliphatic heterocycles. The van der Waals surface area contributed by atoms with Crippen molar-refractivity contribution >= 4 is 23.2 Å². The van der Waals surface area contributed by atoms with E-state index in [-0.39, 0.29) is 17.6 Å². The second kappa shape index (κ2) is 9.24. The van der Waals surface area contributed by atoms with E-state index in [0.717, 1.165) is 5.75 Å². The average Bonchev–Trinajstić information content (AvgIpc) is 3.21. The number of anilines is 2. The number of amides is 2. The van der Waals surface area contributed by atoms with Crippen LogP contribution in [0.1, 0.15) is 23.4 Å². The van der Waals surface area contributed by atoms with Crippen LogP contribution in [0.5, 0.6) is 5.75 Å². The highest BCUT2D eigenvalue weighted by atomic mass is 16.5. The molecule has 6 nitrogen and oxygen atoms in total. The molecule has 2 aromatic carbocycles. The third-order valence-corrected chi connectivity index (χ3v) is 3.71. The van der Waals surface area contributed by atoms with Gasteiger partial charge in [0.05, 0.1) is 12.9 Å². The number of nitrogens with one attached hydrogen (secondary N) is 2. The molecule has 0 atom stereocenters. The van der Waals surface area contributed by atoms with Gasteiger partial charge in [0.25, 0.3) is 5.91 Å². The van der Waals surface area contributed by atoms with E-state index in [1.807, 2.05) is 30.3 Å². The van der Waals surface area contributed by atoms with E-state index < -0.39 is 0 Å². The molecule has 0 unspecified atom stereocenters. The zero-order valence-corrected chi connectivity index (χ0v) is 14.7. The quantitative estimate of drug-likeness (QED) is 0.583. The molecule has 0 bridgehead atoms. The first-order valence-corrected chi connectivity index (χ1v) is 8.63. The fourth-order valence-electron chi connectivity index (χ4n) is 2.44. The van der Waals surface area contributed by atoms with E-state index in [1.54, 1.807) is 36.4 Å². The molecule has 1 aromatic heterocycles. The highest BCUT2D eigenvalue weighted by Crippen LogP contribution is 2.17. The summed E-state index contributed by atoms with van der Waals surface area (Å²) in [6.07, 6.45) is 2.39. The smallest absolute Gasteiger partial charge is 0.291 e. The number of hydrogen-bond acceptors (Lipinski definition) is 4. The third kappa shape index (κ3) is 5.74. The first kappa shape index (κ1) is 18.3. The maximum Gasteiger partial charge on any atom is 0.291 e. The van der Waals surface area contributed by atoms with Crippen LogP contribution in [0.3, 0.4) is 0 Å².